The highest BCUT2D eigenvalue weighted by Crippen LogP contribution is 2.19. The highest BCUT2D eigenvalue weighted by Gasteiger charge is 2.21. The van der Waals surface area contributed by atoms with Crippen molar-refractivity contribution in [3.05, 3.63) is 34.1 Å². The molecule has 20 heavy (non-hydrogen) atoms. The van der Waals surface area contributed by atoms with Crippen LogP contribution in [0.3, 0.4) is 0 Å². The Labute approximate surface area is 129 Å². The van der Waals surface area contributed by atoms with E-state index in [0.717, 1.165) is 26.2 Å². The van der Waals surface area contributed by atoms with Gasteiger partial charge >= 0.3 is 0 Å². The van der Waals surface area contributed by atoms with Gasteiger partial charge in [0.25, 0.3) is 0 Å². The van der Waals surface area contributed by atoms with Crippen molar-refractivity contribution in [2.24, 2.45) is 5.92 Å². The van der Waals surface area contributed by atoms with Gasteiger partial charge in [-0.15, -0.1) is 0 Å². The lowest BCUT2D eigenvalue weighted by Crippen LogP contribution is -2.41. The molecule has 112 valence electrons. The van der Waals surface area contributed by atoms with E-state index in [1.165, 1.54) is 18.4 Å². The SMILES string of the molecule is CCC(C)C1CN(Cc2ccc(F)c(Br)c2)CCCN1. The van der Waals surface area contributed by atoms with Crippen LogP contribution in [0.15, 0.2) is 22.7 Å². The lowest BCUT2D eigenvalue weighted by atomic mass is 9.99. The minimum atomic E-state index is -0.191. The van der Waals surface area contributed by atoms with E-state index in [2.05, 4.69) is 40.0 Å². The highest BCUT2D eigenvalue weighted by molar-refractivity contribution is 9.10. The van der Waals surface area contributed by atoms with E-state index in [9.17, 15) is 4.39 Å². The number of nitrogens with zero attached hydrogens (tertiary/aromatic N) is 1. The van der Waals surface area contributed by atoms with Gasteiger partial charge in [-0.2, -0.15) is 0 Å². The zero-order chi connectivity index (χ0) is 14.5. The molecule has 1 N–H and O–H groups in total. The fraction of sp³-hybridized carbons (Fsp3) is 0.625. The van der Waals surface area contributed by atoms with Crippen molar-refractivity contribution in [2.45, 2.75) is 39.3 Å². The van der Waals surface area contributed by atoms with Crippen LogP contribution in [-0.4, -0.2) is 30.6 Å². The van der Waals surface area contributed by atoms with Gasteiger partial charge in [-0.3, -0.25) is 4.90 Å². The maximum Gasteiger partial charge on any atom is 0.137 e. The lowest BCUT2D eigenvalue weighted by Gasteiger charge is -2.28. The van der Waals surface area contributed by atoms with Crippen LogP contribution in [-0.2, 0) is 6.54 Å². The number of benzene rings is 1. The second-order valence-corrected chi connectivity index (χ2v) is 6.64. The Morgan fingerprint density at radius 3 is 3.00 bits per heavy atom. The average Bonchev–Trinajstić information content (AvgIpc) is 2.67. The smallest absolute Gasteiger partial charge is 0.137 e. The molecule has 1 saturated heterocycles. The summed E-state index contributed by atoms with van der Waals surface area (Å²) in [6, 6.07) is 5.89. The molecular formula is C16H24BrFN2. The Balaban J connectivity index is 2.01. The first-order valence-electron chi connectivity index (χ1n) is 7.49. The third kappa shape index (κ3) is 4.27. The minimum Gasteiger partial charge on any atom is -0.312 e. The summed E-state index contributed by atoms with van der Waals surface area (Å²) < 4.78 is 13.8. The zero-order valence-electron chi connectivity index (χ0n) is 12.3. The van der Waals surface area contributed by atoms with Gasteiger partial charge in [0.15, 0.2) is 0 Å². The summed E-state index contributed by atoms with van der Waals surface area (Å²) in [6.45, 7) is 8.74. The molecule has 0 aliphatic carbocycles. The van der Waals surface area contributed by atoms with E-state index < -0.39 is 0 Å². The molecule has 1 aliphatic rings. The largest absolute Gasteiger partial charge is 0.312 e. The Hall–Kier alpha value is -0.450. The highest BCUT2D eigenvalue weighted by atomic mass is 79.9. The van der Waals surface area contributed by atoms with Crippen molar-refractivity contribution in [1.29, 1.82) is 0 Å². The molecule has 0 bridgehead atoms. The summed E-state index contributed by atoms with van der Waals surface area (Å²) in [6.07, 6.45) is 2.38. The topological polar surface area (TPSA) is 15.3 Å². The predicted octanol–water partition coefficient (Wildman–Crippen LogP) is 3.80. The van der Waals surface area contributed by atoms with Crippen molar-refractivity contribution < 1.29 is 4.39 Å². The molecular weight excluding hydrogens is 319 g/mol. The van der Waals surface area contributed by atoms with E-state index in [4.69, 9.17) is 0 Å². The van der Waals surface area contributed by atoms with Gasteiger partial charge in [-0.05, 0) is 59.1 Å². The van der Waals surface area contributed by atoms with E-state index >= 15 is 0 Å². The van der Waals surface area contributed by atoms with Crippen molar-refractivity contribution in [1.82, 2.24) is 10.2 Å². The third-order valence-electron chi connectivity index (χ3n) is 4.23. The van der Waals surface area contributed by atoms with Crippen molar-refractivity contribution in [3.8, 4) is 0 Å². The van der Waals surface area contributed by atoms with Gasteiger partial charge in [0.2, 0.25) is 0 Å². The number of rotatable bonds is 4. The normalized spacial score (nSPS) is 22.5. The quantitative estimate of drug-likeness (QED) is 0.895. The monoisotopic (exact) mass is 342 g/mol. The van der Waals surface area contributed by atoms with Gasteiger partial charge in [0, 0.05) is 19.1 Å². The van der Waals surface area contributed by atoms with Crippen LogP contribution >= 0.6 is 15.9 Å². The molecule has 1 aliphatic heterocycles. The Bertz CT molecular complexity index is 438. The maximum atomic E-state index is 13.3. The van der Waals surface area contributed by atoms with E-state index in [1.54, 1.807) is 6.07 Å². The molecule has 1 heterocycles. The fourth-order valence-corrected chi connectivity index (χ4v) is 3.16. The zero-order valence-corrected chi connectivity index (χ0v) is 13.9. The number of hydrogen-bond acceptors (Lipinski definition) is 2. The number of halogens is 2. The summed E-state index contributed by atoms with van der Waals surface area (Å²) >= 11 is 3.27. The minimum absolute atomic E-state index is 0.191. The van der Waals surface area contributed by atoms with E-state index in [0.29, 0.717) is 16.4 Å². The van der Waals surface area contributed by atoms with E-state index in [1.807, 2.05) is 12.1 Å². The molecule has 2 unspecified atom stereocenters. The molecule has 2 atom stereocenters. The number of hydrogen-bond donors (Lipinski definition) is 1. The second kappa shape index (κ2) is 7.53. The van der Waals surface area contributed by atoms with Gasteiger partial charge in [0.05, 0.1) is 4.47 Å². The first-order chi connectivity index (χ1) is 9.60. The van der Waals surface area contributed by atoms with Crippen molar-refractivity contribution >= 4 is 15.9 Å². The van der Waals surface area contributed by atoms with E-state index in [-0.39, 0.29) is 5.82 Å². The summed E-state index contributed by atoms with van der Waals surface area (Å²) in [7, 11) is 0. The van der Waals surface area contributed by atoms with Crippen molar-refractivity contribution in [2.75, 3.05) is 19.6 Å². The van der Waals surface area contributed by atoms with Gasteiger partial charge in [0.1, 0.15) is 5.82 Å². The van der Waals surface area contributed by atoms with Crippen molar-refractivity contribution in [3.63, 3.8) is 0 Å². The summed E-state index contributed by atoms with van der Waals surface area (Å²) in [5.41, 5.74) is 1.17. The molecule has 0 saturated carbocycles. The van der Waals surface area contributed by atoms with Crippen LogP contribution in [0.2, 0.25) is 0 Å². The Morgan fingerprint density at radius 1 is 1.50 bits per heavy atom. The lowest BCUT2D eigenvalue weighted by molar-refractivity contribution is 0.231. The molecule has 0 spiro atoms. The van der Waals surface area contributed by atoms with Crippen LogP contribution in [0.5, 0.6) is 0 Å². The fourth-order valence-electron chi connectivity index (χ4n) is 2.73. The molecule has 4 heteroatoms. The average molecular weight is 343 g/mol. The summed E-state index contributed by atoms with van der Waals surface area (Å²) in [4.78, 5) is 2.48. The molecule has 1 aromatic carbocycles. The Kier molecular flexibility index (Phi) is 6.00. The maximum absolute atomic E-state index is 13.3. The molecule has 2 nitrogen and oxygen atoms in total. The van der Waals surface area contributed by atoms with Crippen LogP contribution in [0.4, 0.5) is 4.39 Å². The second-order valence-electron chi connectivity index (χ2n) is 5.78. The molecule has 0 radical (unpaired) electrons. The molecule has 1 fully saturated rings. The van der Waals surface area contributed by atoms with Crippen LogP contribution in [0.25, 0.3) is 0 Å². The predicted molar refractivity (Wildman–Crippen MR) is 85.2 cm³/mol. The molecule has 2 rings (SSSR count). The van der Waals surface area contributed by atoms with Gasteiger partial charge in [-0.25, -0.2) is 4.39 Å². The third-order valence-corrected chi connectivity index (χ3v) is 4.84. The molecule has 0 aromatic heterocycles. The van der Waals surface area contributed by atoms with Gasteiger partial charge < -0.3 is 5.32 Å². The standard InChI is InChI=1S/C16H24BrFN2/c1-3-12(2)16-11-20(8-4-7-19-16)10-13-5-6-15(18)14(17)9-13/h5-6,9,12,16,19H,3-4,7-8,10-11H2,1-2H3. The first kappa shape index (κ1) is 15.9. The first-order valence-corrected chi connectivity index (χ1v) is 8.29. The molecule has 1 aromatic rings. The summed E-state index contributed by atoms with van der Waals surface area (Å²) in [5.74, 6) is 0.499. The molecule has 0 amide bonds. The van der Waals surface area contributed by atoms with Crippen LogP contribution in [0.1, 0.15) is 32.3 Å². The van der Waals surface area contributed by atoms with Gasteiger partial charge in [-0.1, -0.05) is 26.3 Å². The summed E-state index contributed by atoms with van der Waals surface area (Å²) in [5, 5.41) is 3.66. The number of nitrogens with one attached hydrogen (secondary N) is 1. The van der Waals surface area contributed by atoms with Crippen LogP contribution in [0, 0.1) is 11.7 Å². The Morgan fingerprint density at radius 2 is 2.30 bits per heavy atom. The van der Waals surface area contributed by atoms with Crippen LogP contribution < -0.4 is 5.32 Å².